The number of unbranched alkanes of at least 4 members (excludes halogenated alkanes) is 1. The van der Waals surface area contributed by atoms with Crippen molar-refractivity contribution in [3.05, 3.63) is 48.0 Å². The molecule has 0 N–H and O–H groups in total. The summed E-state index contributed by atoms with van der Waals surface area (Å²) in [7, 11) is 0. The first-order chi connectivity index (χ1) is 8.45. The van der Waals surface area contributed by atoms with E-state index in [1.807, 2.05) is 0 Å². The molecule has 0 radical (unpaired) electrons. The highest BCUT2D eigenvalue weighted by Crippen LogP contribution is 2.14. The van der Waals surface area contributed by atoms with Gasteiger partial charge in [-0.15, -0.1) is 0 Å². The van der Waals surface area contributed by atoms with E-state index in [9.17, 15) is 0 Å². The van der Waals surface area contributed by atoms with Gasteiger partial charge in [-0.05, 0) is 44.1 Å². The number of hydrogen-bond donors (Lipinski definition) is 0. The van der Waals surface area contributed by atoms with Gasteiger partial charge in [0.15, 0.2) is 0 Å². The normalized spacial score (nSPS) is 20.8. The zero-order chi connectivity index (χ0) is 11.8. The topological polar surface area (TPSA) is 9.23 Å². The van der Waals surface area contributed by atoms with Crippen LogP contribution in [-0.2, 0) is 11.2 Å². The van der Waals surface area contributed by atoms with Crippen LogP contribution in [0.15, 0.2) is 42.5 Å². The summed E-state index contributed by atoms with van der Waals surface area (Å²) in [6.45, 7) is 0.943. The van der Waals surface area contributed by atoms with Gasteiger partial charge in [0.25, 0.3) is 0 Å². The first-order valence-electron chi connectivity index (χ1n) is 6.77. The Balaban J connectivity index is 1.61. The van der Waals surface area contributed by atoms with Crippen LogP contribution in [0.1, 0.15) is 37.7 Å². The molecule has 0 spiro atoms. The minimum absolute atomic E-state index is 0.389. The summed E-state index contributed by atoms with van der Waals surface area (Å²) in [5.41, 5.74) is 1.44. The second kappa shape index (κ2) is 7.29. The lowest BCUT2D eigenvalue weighted by Crippen LogP contribution is -2.16. The lowest BCUT2D eigenvalue weighted by Gasteiger charge is -2.19. The molecule has 1 aliphatic heterocycles. The number of allylic oxidation sites excluding steroid dienone is 1. The summed E-state index contributed by atoms with van der Waals surface area (Å²) >= 11 is 0. The van der Waals surface area contributed by atoms with Crippen molar-refractivity contribution >= 4 is 0 Å². The van der Waals surface area contributed by atoms with Crippen molar-refractivity contribution < 1.29 is 4.74 Å². The molecule has 1 fully saturated rings. The van der Waals surface area contributed by atoms with Crippen molar-refractivity contribution in [1.29, 1.82) is 0 Å². The van der Waals surface area contributed by atoms with E-state index in [0.717, 1.165) is 13.0 Å². The van der Waals surface area contributed by atoms with Crippen LogP contribution in [0.4, 0.5) is 0 Å². The van der Waals surface area contributed by atoms with Crippen molar-refractivity contribution in [1.82, 2.24) is 0 Å². The van der Waals surface area contributed by atoms with Gasteiger partial charge in [0.2, 0.25) is 0 Å². The highest BCUT2D eigenvalue weighted by molar-refractivity contribution is 5.14. The summed E-state index contributed by atoms with van der Waals surface area (Å²) in [6, 6.07) is 10.7. The molecular weight excluding hydrogens is 208 g/mol. The van der Waals surface area contributed by atoms with E-state index >= 15 is 0 Å². The van der Waals surface area contributed by atoms with Gasteiger partial charge in [-0.1, -0.05) is 42.5 Å². The van der Waals surface area contributed by atoms with Crippen molar-refractivity contribution in [2.24, 2.45) is 0 Å². The number of rotatable bonds is 5. The van der Waals surface area contributed by atoms with Crippen LogP contribution in [0, 0.1) is 0 Å². The summed E-state index contributed by atoms with van der Waals surface area (Å²) in [4.78, 5) is 0. The molecule has 92 valence electrons. The lowest BCUT2D eigenvalue weighted by molar-refractivity contribution is 0.0464. The minimum Gasteiger partial charge on any atom is -0.374 e. The molecule has 1 unspecified atom stereocenters. The third-order valence-corrected chi connectivity index (χ3v) is 3.24. The fraction of sp³-hybridized carbons (Fsp3) is 0.500. The second-order valence-corrected chi connectivity index (χ2v) is 4.71. The first kappa shape index (κ1) is 12.4. The molecule has 1 aliphatic rings. The average Bonchev–Trinajstić information content (AvgIpc) is 2.41. The Morgan fingerprint density at radius 2 is 2.06 bits per heavy atom. The SMILES string of the molecule is C(=C\C1CCCCO1)/CCCc1ccccc1. The zero-order valence-corrected chi connectivity index (χ0v) is 10.5. The molecule has 0 aromatic heterocycles. The van der Waals surface area contributed by atoms with E-state index in [1.54, 1.807) is 0 Å². The molecule has 0 aliphatic carbocycles. The number of benzene rings is 1. The van der Waals surface area contributed by atoms with Gasteiger partial charge in [-0.2, -0.15) is 0 Å². The van der Waals surface area contributed by atoms with Crippen molar-refractivity contribution in [3.8, 4) is 0 Å². The molecule has 17 heavy (non-hydrogen) atoms. The van der Waals surface area contributed by atoms with E-state index in [0.29, 0.717) is 6.10 Å². The van der Waals surface area contributed by atoms with Crippen molar-refractivity contribution in [3.63, 3.8) is 0 Å². The van der Waals surface area contributed by atoms with Crippen LogP contribution in [0.3, 0.4) is 0 Å². The third-order valence-electron chi connectivity index (χ3n) is 3.24. The van der Waals surface area contributed by atoms with E-state index in [-0.39, 0.29) is 0 Å². The molecule has 1 aromatic rings. The molecule has 1 saturated heterocycles. The predicted octanol–water partition coefficient (Wildman–Crippen LogP) is 4.13. The maximum atomic E-state index is 5.66. The number of hydrogen-bond acceptors (Lipinski definition) is 1. The molecule has 1 heteroatoms. The molecule has 1 atom stereocenters. The monoisotopic (exact) mass is 230 g/mol. The first-order valence-corrected chi connectivity index (χ1v) is 6.77. The van der Waals surface area contributed by atoms with Crippen molar-refractivity contribution in [2.75, 3.05) is 6.61 Å². The van der Waals surface area contributed by atoms with Gasteiger partial charge >= 0.3 is 0 Å². The van der Waals surface area contributed by atoms with E-state index in [1.165, 1.54) is 37.7 Å². The summed E-state index contributed by atoms with van der Waals surface area (Å²) in [5.74, 6) is 0. The predicted molar refractivity (Wildman–Crippen MR) is 72.1 cm³/mol. The van der Waals surface area contributed by atoms with Crippen molar-refractivity contribution in [2.45, 2.75) is 44.6 Å². The van der Waals surface area contributed by atoms with Crippen LogP contribution in [0.25, 0.3) is 0 Å². The van der Waals surface area contributed by atoms with Gasteiger partial charge in [-0.25, -0.2) is 0 Å². The van der Waals surface area contributed by atoms with Crippen LogP contribution in [0.2, 0.25) is 0 Å². The minimum atomic E-state index is 0.389. The average molecular weight is 230 g/mol. The molecular formula is C16H22O. The molecule has 0 saturated carbocycles. The Bertz CT molecular complexity index is 323. The van der Waals surface area contributed by atoms with Crippen LogP contribution < -0.4 is 0 Å². The fourth-order valence-corrected chi connectivity index (χ4v) is 2.23. The Morgan fingerprint density at radius 3 is 2.82 bits per heavy atom. The van der Waals surface area contributed by atoms with Gasteiger partial charge < -0.3 is 4.74 Å². The molecule has 1 heterocycles. The Kier molecular flexibility index (Phi) is 5.31. The van der Waals surface area contributed by atoms with Gasteiger partial charge in [0, 0.05) is 6.61 Å². The maximum Gasteiger partial charge on any atom is 0.0755 e. The van der Waals surface area contributed by atoms with E-state index < -0.39 is 0 Å². The maximum absolute atomic E-state index is 5.66. The van der Waals surface area contributed by atoms with Crippen LogP contribution in [0.5, 0.6) is 0 Å². The zero-order valence-electron chi connectivity index (χ0n) is 10.5. The summed E-state index contributed by atoms with van der Waals surface area (Å²) in [5, 5.41) is 0. The largest absolute Gasteiger partial charge is 0.374 e. The molecule has 2 rings (SSSR count). The second-order valence-electron chi connectivity index (χ2n) is 4.71. The molecule has 0 amide bonds. The Morgan fingerprint density at radius 1 is 1.18 bits per heavy atom. The van der Waals surface area contributed by atoms with Gasteiger partial charge in [0.05, 0.1) is 6.10 Å². The smallest absolute Gasteiger partial charge is 0.0755 e. The van der Waals surface area contributed by atoms with Gasteiger partial charge in [0.1, 0.15) is 0 Å². The van der Waals surface area contributed by atoms with E-state index in [4.69, 9.17) is 4.74 Å². The summed E-state index contributed by atoms with van der Waals surface area (Å²) in [6.07, 6.45) is 12.3. The standard InChI is InChI=1S/C16H22O/c1-3-9-15(10-4-1)11-5-2-6-12-16-13-7-8-14-17-16/h1,3-4,6,9-10,12,16H,2,5,7-8,11,13-14H2/b12-6+. The van der Waals surface area contributed by atoms with E-state index in [2.05, 4.69) is 42.5 Å². The summed E-state index contributed by atoms with van der Waals surface area (Å²) < 4.78 is 5.66. The molecule has 0 bridgehead atoms. The number of ether oxygens (including phenoxy) is 1. The number of aryl methyl sites for hydroxylation is 1. The highest BCUT2D eigenvalue weighted by Gasteiger charge is 2.09. The van der Waals surface area contributed by atoms with Crippen LogP contribution in [-0.4, -0.2) is 12.7 Å². The lowest BCUT2D eigenvalue weighted by atomic mass is 10.1. The fourth-order valence-electron chi connectivity index (χ4n) is 2.23. The van der Waals surface area contributed by atoms with Crippen LogP contribution >= 0.6 is 0 Å². The Labute approximate surface area is 104 Å². The molecule has 1 aromatic carbocycles. The molecule has 1 nitrogen and oxygen atoms in total. The Hall–Kier alpha value is -1.08. The highest BCUT2D eigenvalue weighted by atomic mass is 16.5. The quantitative estimate of drug-likeness (QED) is 0.546. The third kappa shape index (κ3) is 4.74. The van der Waals surface area contributed by atoms with Gasteiger partial charge in [-0.3, -0.25) is 0 Å².